The molecule has 42 heavy (non-hydrogen) atoms. The largest absolute Gasteiger partial charge is 0.469 e. The van der Waals surface area contributed by atoms with Gasteiger partial charge in [-0.3, -0.25) is 9.59 Å². The highest BCUT2D eigenvalue weighted by Crippen LogP contribution is 2.44. The molecule has 1 fully saturated rings. The van der Waals surface area contributed by atoms with Crippen LogP contribution >= 0.6 is 11.8 Å². The number of furan rings is 1. The summed E-state index contributed by atoms with van der Waals surface area (Å²) >= 11 is 1.28. The zero-order valence-electron chi connectivity index (χ0n) is 22.4. The number of hydrogen-bond donors (Lipinski definition) is 2. The number of benzene rings is 3. The van der Waals surface area contributed by atoms with E-state index in [9.17, 15) is 19.5 Å². The van der Waals surface area contributed by atoms with E-state index in [-0.39, 0.29) is 12.3 Å². The molecule has 9 heteroatoms. The summed E-state index contributed by atoms with van der Waals surface area (Å²) in [5, 5.41) is 15.3. The average Bonchev–Trinajstić information content (AvgIpc) is 3.55. The fourth-order valence-electron chi connectivity index (χ4n) is 5.26. The second-order valence-electron chi connectivity index (χ2n) is 10.0. The van der Waals surface area contributed by atoms with Gasteiger partial charge in [0.05, 0.1) is 12.7 Å². The van der Waals surface area contributed by atoms with Crippen LogP contribution in [-0.2, 0) is 25.5 Å². The van der Waals surface area contributed by atoms with Crippen molar-refractivity contribution in [2.24, 2.45) is 0 Å². The van der Waals surface area contributed by atoms with Gasteiger partial charge >= 0.3 is 5.97 Å². The summed E-state index contributed by atoms with van der Waals surface area (Å²) in [4.78, 5) is 41.7. The molecule has 3 aromatic carbocycles. The first-order valence-electron chi connectivity index (χ1n) is 13.5. The summed E-state index contributed by atoms with van der Waals surface area (Å²) in [6, 6.07) is 29.0. The van der Waals surface area contributed by atoms with E-state index >= 15 is 0 Å². The predicted octanol–water partition coefficient (Wildman–Crippen LogP) is 4.54. The van der Waals surface area contributed by atoms with E-state index in [1.807, 2.05) is 66.7 Å². The zero-order valence-corrected chi connectivity index (χ0v) is 23.2. The van der Waals surface area contributed by atoms with Crippen LogP contribution in [0.15, 0.2) is 125 Å². The number of amides is 2. The normalized spacial score (nSPS) is 20.2. The fourth-order valence-corrected chi connectivity index (χ4v) is 6.52. The summed E-state index contributed by atoms with van der Waals surface area (Å²) in [5.41, 5.74) is 2.46. The number of aliphatic hydroxyl groups excluding tert-OH is 1. The number of nitrogens with one attached hydrogen (secondary N) is 1. The van der Waals surface area contributed by atoms with Crippen molar-refractivity contribution in [3.8, 4) is 0 Å². The lowest BCUT2D eigenvalue weighted by molar-refractivity contribution is -0.166. The molecule has 2 N–H and O–H groups in total. The number of thioether (sulfide) groups is 1. The first kappa shape index (κ1) is 27.6. The van der Waals surface area contributed by atoms with Gasteiger partial charge in [-0.1, -0.05) is 91.0 Å². The first-order valence-corrected chi connectivity index (χ1v) is 14.5. The minimum absolute atomic E-state index is 0.0106. The molecule has 4 atom stereocenters. The van der Waals surface area contributed by atoms with Gasteiger partial charge < -0.3 is 24.5 Å². The van der Waals surface area contributed by atoms with Crippen LogP contribution in [0.1, 0.15) is 34.7 Å². The molecule has 212 valence electrons. The van der Waals surface area contributed by atoms with Crippen LogP contribution in [0.4, 0.5) is 0 Å². The lowest BCUT2D eigenvalue weighted by atomic mass is 9.91. The SMILES string of the molecule is O=C(Cc1ccco1)NC1C(=O)N2C(C(=O)OC(c3ccccc3)c3ccccc3)C(C(O)c3ccccc3)=CS[C@H]12. The first-order chi connectivity index (χ1) is 20.5. The van der Waals surface area contributed by atoms with Crippen LogP contribution in [0.3, 0.4) is 0 Å². The fraction of sp³-hybridized carbons (Fsp3) is 0.182. The van der Waals surface area contributed by atoms with Crippen molar-refractivity contribution in [1.29, 1.82) is 0 Å². The third kappa shape index (κ3) is 5.48. The van der Waals surface area contributed by atoms with Crippen LogP contribution in [0.5, 0.6) is 0 Å². The van der Waals surface area contributed by atoms with Crippen molar-refractivity contribution < 1.29 is 28.6 Å². The molecule has 1 saturated heterocycles. The minimum atomic E-state index is -1.19. The molecule has 6 rings (SSSR count). The smallest absolute Gasteiger partial charge is 0.334 e. The van der Waals surface area contributed by atoms with Gasteiger partial charge in [-0.15, -0.1) is 11.8 Å². The molecular formula is C33H28N2O6S. The predicted molar refractivity (Wildman–Crippen MR) is 157 cm³/mol. The molecule has 0 aliphatic carbocycles. The van der Waals surface area contributed by atoms with Crippen molar-refractivity contribution in [2.75, 3.05) is 0 Å². The van der Waals surface area contributed by atoms with E-state index in [0.29, 0.717) is 16.9 Å². The molecule has 3 unspecified atom stereocenters. The summed E-state index contributed by atoms with van der Waals surface area (Å²) < 4.78 is 11.4. The molecule has 0 saturated carbocycles. The topological polar surface area (TPSA) is 109 Å². The molecule has 0 bridgehead atoms. The maximum atomic E-state index is 14.1. The van der Waals surface area contributed by atoms with Gasteiger partial charge in [-0.05, 0) is 34.2 Å². The quantitative estimate of drug-likeness (QED) is 0.221. The number of β-lactam (4-membered cyclic amide) rings is 1. The van der Waals surface area contributed by atoms with Crippen molar-refractivity contribution >= 4 is 29.5 Å². The Morgan fingerprint density at radius 2 is 1.48 bits per heavy atom. The summed E-state index contributed by atoms with van der Waals surface area (Å²) in [6.07, 6.45) is -0.412. The molecular weight excluding hydrogens is 552 g/mol. The van der Waals surface area contributed by atoms with E-state index < -0.39 is 41.5 Å². The number of fused-ring (bicyclic) bond motifs is 1. The zero-order chi connectivity index (χ0) is 29.1. The maximum absolute atomic E-state index is 14.1. The number of carbonyl (C=O) groups is 3. The Bertz CT molecular complexity index is 1540. The van der Waals surface area contributed by atoms with Gasteiger partial charge in [0.1, 0.15) is 23.3 Å². The third-order valence-electron chi connectivity index (χ3n) is 7.34. The Labute approximate surface area is 247 Å². The molecule has 1 aromatic heterocycles. The van der Waals surface area contributed by atoms with Gasteiger partial charge in [-0.2, -0.15) is 0 Å². The third-order valence-corrected chi connectivity index (χ3v) is 8.53. The van der Waals surface area contributed by atoms with Crippen LogP contribution in [0.2, 0.25) is 0 Å². The number of carbonyl (C=O) groups excluding carboxylic acids is 3. The van der Waals surface area contributed by atoms with E-state index in [4.69, 9.17) is 9.15 Å². The van der Waals surface area contributed by atoms with E-state index in [0.717, 1.165) is 11.1 Å². The van der Waals surface area contributed by atoms with Gasteiger partial charge in [0.15, 0.2) is 12.1 Å². The lowest BCUT2D eigenvalue weighted by Gasteiger charge is -2.52. The van der Waals surface area contributed by atoms with Gasteiger partial charge in [-0.25, -0.2) is 4.79 Å². The monoisotopic (exact) mass is 580 g/mol. The van der Waals surface area contributed by atoms with E-state index in [2.05, 4.69) is 5.32 Å². The second kappa shape index (κ2) is 12.1. The van der Waals surface area contributed by atoms with Crippen LogP contribution in [0.25, 0.3) is 0 Å². The molecule has 0 radical (unpaired) electrons. The number of nitrogens with zero attached hydrogens (tertiary/aromatic N) is 1. The molecule has 2 amide bonds. The highest BCUT2D eigenvalue weighted by atomic mass is 32.2. The number of aliphatic hydroxyl groups is 1. The molecule has 8 nitrogen and oxygen atoms in total. The highest BCUT2D eigenvalue weighted by Gasteiger charge is 2.57. The minimum Gasteiger partial charge on any atom is -0.469 e. The molecule has 2 aliphatic rings. The van der Waals surface area contributed by atoms with E-state index in [1.54, 1.807) is 41.8 Å². The van der Waals surface area contributed by atoms with E-state index in [1.165, 1.54) is 22.9 Å². The molecule has 0 spiro atoms. The summed E-state index contributed by atoms with van der Waals surface area (Å²) in [6.45, 7) is 0. The molecule has 3 heterocycles. The second-order valence-corrected chi connectivity index (χ2v) is 11.0. The number of esters is 1. The maximum Gasteiger partial charge on any atom is 0.334 e. The standard InChI is InChI=1S/C33H28N2O6S/c36-26(19-24-17-10-18-40-24)34-27-31(38)35-28(25(20-42-32(27)35)29(37)21-11-4-1-5-12-21)33(39)41-30(22-13-6-2-7-14-22)23-15-8-3-9-16-23/h1-18,20,27-30,32,37H,19H2,(H,34,36)/t27?,28?,29?,32-/m1/s1. The number of rotatable bonds is 9. The Morgan fingerprint density at radius 1 is 0.881 bits per heavy atom. The summed E-state index contributed by atoms with van der Waals surface area (Å²) in [5.74, 6) is -0.984. The van der Waals surface area contributed by atoms with Crippen molar-refractivity contribution in [1.82, 2.24) is 10.2 Å². The van der Waals surface area contributed by atoms with Gasteiger partial charge in [0, 0.05) is 5.57 Å². The van der Waals surface area contributed by atoms with Crippen LogP contribution in [0, 0.1) is 0 Å². The van der Waals surface area contributed by atoms with Gasteiger partial charge in [0.2, 0.25) is 11.8 Å². The summed E-state index contributed by atoms with van der Waals surface area (Å²) in [7, 11) is 0. The Kier molecular flexibility index (Phi) is 7.94. The van der Waals surface area contributed by atoms with Crippen molar-refractivity contribution in [3.63, 3.8) is 0 Å². The van der Waals surface area contributed by atoms with Gasteiger partial charge in [0.25, 0.3) is 0 Å². The molecule has 4 aromatic rings. The van der Waals surface area contributed by atoms with Crippen LogP contribution < -0.4 is 5.32 Å². The van der Waals surface area contributed by atoms with Crippen LogP contribution in [-0.4, -0.2) is 45.2 Å². The number of hydrogen-bond acceptors (Lipinski definition) is 7. The molecule has 2 aliphatic heterocycles. The lowest BCUT2D eigenvalue weighted by Crippen LogP contribution is -2.74. The average molecular weight is 581 g/mol. The Balaban J connectivity index is 1.30. The number of ether oxygens (including phenoxy) is 1. The Morgan fingerprint density at radius 3 is 2.05 bits per heavy atom. The van der Waals surface area contributed by atoms with Crippen molar-refractivity contribution in [2.45, 2.75) is 36.1 Å². The van der Waals surface area contributed by atoms with Crippen molar-refractivity contribution in [3.05, 3.63) is 143 Å². The Hall–Kier alpha value is -4.60. The highest BCUT2D eigenvalue weighted by molar-refractivity contribution is 8.03.